The molecule has 7 heteroatoms. The Morgan fingerprint density at radius 1 is 1.26 bits per heavy atom. The van der Waals surface area contributed by atoms with Gasteiger partial charge in [0, 0.05) is 24.2 Å². The Morgan fingerprint density at radius 2 is 1.97 bits per heavy atom. The summed E-state index contributed by atoms with van der Waals surface area (Å²) in [6.07, 6.45) is 8.28. The molecular weight excluding hydrogens is 395 g/mol. The van der Waals surface area contributed by atoms with Gasteiger partial charge in [-0.05, 0) is 57.4 Å². The highest BCUT2D eigenvalue weighted by Crippen LogP contribution is 2.30. The minimum Gasteiger partial charge on any atom is -0.349 e. The SMILES string of the molecule is CN1CCC(C)(NC(=O)[C@H](CC2CCCCC2)N=C2NC(=O)c3ccc(F)cc32)CC1. The summed E-state index contributed by atoms with van der Waals surface area (Å²) in [7, 11) is 2.10. The van der Waals surface area contributed by atoms with Crippen LogP contribution < -0.4 is 10.6 Å². The van der Waals surface area contributed by atoms with Crippen LogP contribution in [0.15, 0.2) is 23.2 Å². The third-order valence-electron chi connectivity index (χ3n) is 7.10. The number of likely N-dealkylation sites (tertiary alicyclic amines) is 1. The van der Waals surface area contributed by atoms with Gasteiger partial charge in [0.05, 0.1) is 5.56 Å². The zero-order valence-corrected chi connectivity index (χ0v) is 18.5. The number of hydrogen-bond acceptors (Lipinski definition) is 4. The highest BCUT2D eigenvalue weighted by atomic mass is 19.1. The van der Waals surface area contributed by atoms with E-state index in [9.17, 15) is 14.0 Å². The predicted octanol–water partition coefficient (Wildman–Crippen LogP) is 3.26. The first-order valence-electron chi connectivity index (χ1n) is 11.5. The number of carbonyl (C=O) groups is 2. The number of hydrogen-bond donors (Lipinski definition) is 2. The molecule has 1 atom stereocenters. The zero-order valence-electron chi connectivity index (χ0n) is 18.5. The third kappa shape index (κ3) is 5.14. The summed E-state index contributed by atoms with van der Waals surface area (Å²) in [5, 5.41) is 6.01. The Balaban J connectivity index is 1.57. The second-order valence-corrected chi connectivity index (χ2v) is 9.73. The Labute approximate surface area is 183 Å². The number of piperidine rings is 1. The molecule has 6 nitrogen and oxygen atoms in total. The van der Waals surface area contributed by atoms with Gasteiger partial charge >= 0.3 is 0 Å². The summed E-state index contributed by atoms with van der Waals surface area (Å²) < 4.78 is 13.8. The maximum Gasteiger partial charge on any atom is 0.257 e. The largest absolute Gasteiger partial charge is 0.349 e. The number of rotatable bonds is 5. The first kappa shape index (κ1) is 21.9. The molecule has 1 aromatic carbocycles. The van der Waals surface area contributed by atoms with Crippen LogP contribution in [0.1, 0.15) is 74.2 Å². The average Bonchev–Trinajstić information content (AvgIpc) is 3.05. The molecule has 1 saturated heterocycles. The van der Waals surface area contributed by atoms with Crippen LogP contribution in [-0.2, 0) is 4.79 Å². The van der Waals surface area contributed by atoms with Crippen LogP contribution in [0.3, 0.4) is 0 Å². The molecule has 2 aliphatic heterocycles. The molecule has 0 spiro atoms. The van der Waals surface area contributed by atoms with E-state index in [1.54, 1.807) is 0 Å². The van der Waals surface area contributed by atoms with Gasteiger partial charge in [-0.3, -0.25) is 14.6 Å². The highest BCUT2D eigenvalue weighted by molar-refractivity contribution is 6.23. The molecule has 2 N–H and O–H groups in total. The van der Waals surface area contributed by atoms with Crippen molar-refractivity contribution < 1.29 is 14.0 Å². The normalized spacial score (nSPS) is 24.0. The lowest BCUT2D eigenvalue weighted by molar-refractivity contribution is -0.125. The lowest BCUT2D eigenvalue weighted by Gasteiger charge is -2.39. The van der Waals surface area contributed by atoms with E-state index in [1.807, 2.05) is 0 Å². The zero-order chi connectivity index (χ0) is 22.0. The van der Waals surface area contributed by atoms with Gasteiger partial charge < -0.3 is 15.5 Å². The molecule has 2 amide bonds. The average molecular weight is 429 g/mol. The third-order valence-corrected chi connectivity index (χ3v) is 7.10. The standard InChI is InChI=1S/C24H33FN4O2/c1-24(10-12-29(2)13-11-24)28-23(31)20(14-16-6-4-3-5-7-16)26-21-19-15-17(25)8-9-18(19)22(30)27-21/h8-9,15-16,20H,3-7,10-14H2,1-2H3,(H,28,31)(H,26,27,30)/t20-/m0/s1. The van der Waals surface area contributed by atoms with E-state index >= 15 is 0 Å². The number of amides is 2. The van der Waals surface area contributed by atoms with Crippen LogP contribution in [0, 0.1) is 11.7 Å². The smallest absolute Gasteiger partial charge is 0.257 e. The summed E-state index contributed by atoms with van der Waals surface area (Å²) in [6, 6.07) is 3.47. The van der Waals surface area contributed by atoms with Crippen molar-refractivity contribution in [3.05, 3.63) is 35.1 Å². The Hall–Kier alpha value is -2.28. The molecule has 1 aromatic rings. The van der Waals surface area contributed by atoms with Crippen LogP contribution in [0.4, 0.5) is 4.39 Å². The van der Waals surface area contributed by atoms with E-state index in [2.05, 4.69) is 29.5 Å². The molecule has 0 radical (unpaired) electrons. The van der Waals surface area contributed by atoms with Crippen molar-refractivity contribution in [3.63, 3.8) is 0 Å². The second-order valence-electron chi connectivity index (χ2n) is 9.73. The van der Waals surface area contributed by atoms with Crippen molar-refractivity contribution in [2.75, 3.05) is 20.1 Å². The number of amidine groups is 1. The van der Waals surface area contributed by atoms with E-state index in [0.717, 1.165) is 38.8 Å². The fourth-order valence-electron chi connectivity index (χ4n) is 4.98. The van der Waals surface area contributed by atoms with E-state index in [0.29, 0.717) is 29.3 Å². The summed E-state index contributed by atoms with van der Waals surface area (Å²) in [6.45, 7) is 3.99. The van der Waals surface area contributed by atoms with Crippen LogP contribution in [0.25, 0.3) is 0 Å². The van der Waals surface area contributed by atoms with Crippen molar-refractivity contribution in [1.82, 2.24) is 15.5 Å². The van der Waals surface area contributed by atoms with E-state index in [4.69, 9.17) is 4.99 Å². The quantitative estimate of drug-likeness (QED) is 0.756. The number of halogens is 1. The minimum absolute atomic E-state index is 0.0933. The monoisotopic (exact) mass is 428 g/mol. The van der Waals surface area contributed by atoms with Crippen LogP contribution >= 0.6 is 0 Å². The summed E-state index contributed by atoms with van der Waals surface area (Å²) in [5.74, 6) is -0.0561. The predicted molar refractivity (Wildman–Crippen MR) is 119 cm³/mol. The van der Waals surface area contributed by atoms with Crippen molar-refractivity contribution in [2.24, 2.45) is 10.9 Å². The lowest BCUT2D eigenvalue weighted by atomic mass is 9.84. The Morgan fingerprint density at radius 3 is 2.68 bits per heavy atom. The minimum atomic E-state index is -0.593. The van der Waals surface area contributed by atoms with E-state index in [1.165, 1.54) is 37.5 Å². The van der Waals surface area contributed by atoms with Crippen molar-refractivity contribution in [3.8, 4) is 0 Å². The van der Waals surface area contributed by atoms with E-state index in [-0.39, 0.29) is 17.4 Å². The maximum absolute atomic E-state index is 13.8. The fraction of sp³-hybridized carbons (Fsp3) is 0.625. The van der Waals surface area contributed by atoms with Gasteiger partial charge in [0.2, 0.25) is 5.91 Å². The molecule has 0 unspecified atom stereocenters. The number of carbonyl (C=O) groups excluding carboxylic acids is 2. The molecule has 0 aromatic heterocycles. The van der Waals surface area contributed by atoms with Gasteiger partial charge in [0.25, 0.3) is 5.91 Å². The number of fused-ring (bicyclic) bond motifs is 1. The van der Waals surface area contributed by atoms with Crippen LogP contribution in [0.5, 0.6) is 0 Å². The van der Waals surface area contributed by atoms with Gasteiger partial charge in [-0.15, -0.1) is 0 Å². The first-order valence-corrected chi connectivity index (χ1v) is 11.5. The van der Waals surface area contributed by atoms with Gasteiger partial charge in [-0.25, -0.2) is 4.39 Å². The maximum atomic E-state index is 13.8. The molecule has 2 heterocycles. The Kier molecular flexibility index (Phi) is 6.42. The molecule has 168 valence electrons. The summed E-state index contributed by atoms with van der Waals surface area (Å²) >= 11 is 0. The number of benzene rings is 1. The highest BCUT2D eigenvalue weighted by Gasteiger charge is 2.35. The Bertz CT molecular complexity index is 870. The molecule has 2 fully saturated rings. The molecule has 1 aliphatic carbocycles. The molecule has 1 saturated carbocycles. The number of aliphatic imine (C=N–C) groups is 1. The second kappa shape index (κ2) is 9.07. The van der Waals surface area contributed by atoms with Crippen molar-refractivity contribution in [2.45, 2.75) is 69.9 Å². The molecular formula is C24H33FN4O2. The fourth-order valence-corrected chi connectivity index (χ4v) is 4.98. The number of nitrogens with zero attached hydrogens (tertiary/aromatic N) is 2. The van der Waals surface area contributed by atoms with Gasteiger partial charge in [0.1, 0.15) is 17.7 Å². The van der Waals surface area contributed by atoms with Gasteiger partial charge in [-0.2, -0.15) is 0 Å². The topological polar surface area (TPSA) is 73.8 Å². The number of nitrogens with one attached hydrogen (secondary N) is 2. The van der Waals surface area contributed by atoms with Crippen molar-refractivity contribution in [1.29, 1.82) is 0 Å². The first-order chi connectivity index (χ1) is 14.8. The van der Waals surface area contributed by atoms with Crippen molar-refractivity contribution >= 4 is 17.6 Å². The van der Waals surface area contributed by atoms with Crippen LogP contribution in [-0.4, -0.2) is 54.3 Å². The summed E-state index contributed by atoms with van der Waals surface area (Å²) in [5.41, 5.74) is 0.591. The summed E-state index contributed by atoms with van der Waals surface area (Å²) in [4.78, 5) is 32.7. The van der Waals surface area contributed by atoms with Crippen LogP contribution in [0.2, 0.25) is 0 Å². The molecule has 31 heavy (non-hydrogen) atoms. The lowest BCUT2D eigenvalue weighted by Crippen LogP contribution is -2.55. The molecule has 4 rings (SSSR count). The van der Waals surface area contributed by atoms with Gasteiger partial charge in [-0.1, -0.05) is 32.1 Å². The molecule has 0 bridgehead atoms. The van der Waals surface area contributed by atoms with Gasteiger partial charge in [0.15, 0.2) is 0 Å². The molecule has 3 aliphatic rings. The van der Waals surface area contributed by atoms with E-state index < -0.39 is 11.9 Å².